The number of pyridine rings is 1. The summed E-state index contributed by atoms with van der Waals surface area (Å²) in [5, 5.41) is 7.98. The Bertz CT molecular complexity index is 1280. The van der Waals surface area contributed by atoms with Gasteiger partial charge in [-0.3, -0.25) is 4.79 Å². The Balaban J connectivity index is 0.000000479. The summed E-state index contributed by atoms with van der Waals surface area (Å²) < 4.78 is 85.6. The third-order valence-corrected chi connectivity index (χ3v) is 5.35. The fraction of sp³-hybridized carbons (Fsp3) is 0.292. The lowest BCUT2D eigenvalue weighted by Gasteiger charge is -2.38. The number of carbonyl (C=O) groups excluding carboxylic acids is 1. The molecule has 4 rings (SSSR count). The number of piperidine rings is 1. The van der Waals surface area contributed by atoms with E-state index in [-0.39, 0.29) is 23.7 Å². The van der Waals surface area contributed by atoms with Crippen LogP contribution in [0.2, 0.25) is 0 Å². The Hall–Kier alpha value is -4.03. The van der Waals surface area contributed by atoms with Crippen molar-refractivity contribution in [2.45, 2.75) is 24.6 Å². The van der Waals surface area contributed by atoms with Gasteiger partial charge in [0.15, 0.2) is 17.7 Å². The number of carbonyl (C=O) groups is 2. The Morgan fingerprint density at radius 3 is 2.41 bits per heavy atom. The smallest absolute Gasteiger partial charge is 0.490 e. The van der Waals surface area contributed by atoms with Gasteiger partial charge in [-0.25, -0.2) is 22.9 Å². The highest BCUT2D eigenvalue weighted by atomic mass is 19.4. The summed E-state index contributed by atoms with van der Waals surface area (Å²) in [5.41, 5.74) is 0.377. The summed E-state index contributed by atoms with van der Waals surface area (Å²) in [6.45, 7) is -0.607. The molecule has 1 unspecified atom stereocenters. The van der Waals surface area contributed by atoms with E-state index < -0.39 is 48.9 Å². The van der Waals surface area contributed by atoms with E-state index in [0.29, 0.717) is 5.52 Å². The molecule has 1 saturated heterocycles. The number of ether oxygens (including phenoxy) is 2. The molecule has 13 heteroatoms. The number of hydrogen-bond acceptors (Lipinski definition) is 5. The van der Waals surface area contributed by atoms with Crippen LogP contribution in [0.1, 0.15) is 16.8 Å². The molecule has 0 aliphatic carbocycles. The van der Waals surface area contributed by atoms with E-state index >= 15 is 0 Å². The number of carboxylic acid groups (broad SMARTS) is 1. The van der Waals surface area contributed by atoms with E-state index in [1.165, 1.54) is 36.3 Å². The lowest BCUT2D eigenvalue weighted by molar-refractivity contribution is -0.192. The van der Waals surface area contributed by atoms with E-state index in [2.05, 4.69) is 4.98 Å². The van der Waals surface area contributed by atoms with Crippen molar-refractivity contribution < 1.29 is 50.5 Å². The number of carboxylic acids is 1. The molecule has 1 amide bonds. The van der Waals surface area contributed by atoms with Crippen LogP contribution in [-0.4, -0.2) is 65.3 Å². The maximum absolute atomic E-state index is 14.5. The van der Waals surface area contributed by atoms with Crippen LogP contribution in [0.25, 0.3) is 10.9 Å². The minimum atomic E-state index is -5.08. The number of fused-ring (bicyclic) bond motifs is 1. The van der Waals surface area contributed by atoms with Crippen LogP contribution in [0.3, 0.4) is 0 Å². The number of hydrogen-bond donors (Lipinski definition) is 1. The largest absolute Gasteiger partial charge is 0.494 e. The number of methoxy groups -OCH3 is 1. The average Bonchev–Trinajstić information content (AvgIpc) is 2.85. The maximum atomic E-state index is 14.5. The van der Waals surface area contributed by atoms with Gasteiger partial charge in [-0.2, -0.15) is 13.2 Å². The third kappa shape index (κ3) is 6.60. The van der Waals surface area contributed by atoms with Gasteiger partial charge >= 0.3 is 12.1 Å². The summed E-state index contributed by atoms with van der Waals surface area (Å²) in [7, 11) is 1.29. The number of para-hydroxylation sites is 1. The van der Waals surface area contributed by atoms with Crippen LogP contribution < -0.4 is 9.47 Å². The number of nitrogens with zero attached hydrogens (tertiary/aromatic N) is 2. The summed E-state index contributed by atoms with van der Waals surface area (Å²) in [4.78, 5) is 27.1. The minimum absolute atomic E-state index is 0.0419. The standard InChI is InChI=1S/C22H19F3N2O3.C2HF3O2/c1-29-17-8-4-6-15(20(17)23)21(28)27-12-11-22(24,25)18(13-27)30-19-10-9-14-5-2-3-7-16(14)26-19;3-2(4,5)1(6)7/h2-10,18H,11-13H2,1H3;(H,6,7). The van der Waals surface area contributed by atoms with Crippen LogP contribution in [0, 0.1) is 5.82 Å². The first-order valence-corrected chi connectivity index (χ1v) is 10.7. The van der Waals surface area contributed by atoms with Crippen molar-refractivity contribution >= 4 is 22.8 Å². The van der Waals surface area contributed by atoms with E-state index in [9.17, 15) is 31.1 Å². The predicted molar refractivity (Wildman–Crippen MR) is 118 cm³/mol. The van der Waals surface area contributed by atoms with Crippen molar-refractivity contribution in [3.8, 4) is 11.6 Å². The maximum Gasteiger partial charge on any atom is 0.490 e. The number of halogens is 6. The molecule has 1 fully saturated rings. The van der Waals surface area contributed by atoms with Crippen LogP contribution in [0.15, 0.2) is 54.6 Å². The molecule has 37 heavy (non-hydrogen) atoms. The molecule has 3 aromatic rings. The second-order valence-electron chi connectivity index (χ2n) is 7.84. The summed E-state index contributed by atoms with van der Waals surface area (Å²) >= 11 is 0. The normalized spacial score (nSPS) is 16.9. The highest BCUT2D eigenvalue weighted by Gasteiger charge is 2.47. The van der Waals surface area contributed by atoms with Crippen LogP contribution in [-0.2, 0) is 4.79 Å². The van der Waals surface area contributed by atoms with Gasteiger partial charge in [0.25, 0.3) is 11.8 Å². The molecule has 1 atom stereocenters. The lowest BCUT2D eigenvalue weighted by Crippen LogP contribution is -2.55. The zero-order valence-corrected chi connectivity index (χ0v) is 19.1. The van der Waals surface area contributed by atoms with E-state index in [4.69, 9.17) is 19.4 Å². The molecule has 2 heterocycles. The molecule has 198 valence electrons. The van der Waals surface area contributed by atoms with E-state index in [1.807, 2.05) is 12.1 Å². The molecule has 2 aromatic carbocycles. The zero-order valence-electron chi connectivity index (χ0n) is 19.1. The van der Waals surface area contributed by atoms with Gasteiger partial charge in [0.2, 0.25) is 5.88 Å². The van der Waals surface area contributed by atoms with Gasteiger partial charge in [-0.05, 0) is 24.3 Å². The first-order valence-electron chi connectivity index (χ1n) is 10.7. The zero-order chi connectivity index (χ0) is 27.4. The molecular weight excluding hydrogens is 510 g/mol. The first-order chi connectivity index (χ1) is 17.3. The van der Waals surface area contributed by atoms with Crippen molar-refractivity contribution in [2.75, 3.05) is 20.2 Å². The average molecular weight is 530 g/mol. The monoisotopic (exact) mass is 530 g/mol. The fourth-order valence-corrected chi connectivity index (χ4v) is 3.44. The second kappa shape index (κ2) is 10.9. The molecule has 7 nitrogen and oxygen atoms in total. The van der Waals surface area contributed by atoms with Gasteiger partial charge in [0, 0.05) is 24.4 Å². The molecule has 0 bridgehead atoms. The Labute approximate surface area is 206 Å². The number of likely N-dealkylation sites (tertiary alicyclic amines) is 1. The Morgan fingerprint density at radius 2 is 1.76 bits per heavy atom. The van der Waals surface area contributed by atoms with Crippen molar-refractivity contribution in [3.05, 3.63) is 66.0 Å². The first kappa shape index (κ1) is 27.6. The number of benzene rings is 2. The minimum Gasteiger partial charge on any atom is -0.494 e. The predicted octanol–water partition coefficient (Wildman–Crippen LogP) is 4.94. The second-order valence-corrected chi connectivity index (χ2v) is 7.84. The Morgan fingerprint density at radius 1 is 1.08 bits per heavy atom. The van der Waals surface area contributed by atoms with E-state index in [0.717, 1.165) is 5.39 Å². The number of amides is 1. The van der Waals surface area contributed by atoms with Gasteiger partial charge in [-0.15, -0.1) is 0 Å². The van der Waals surface area contributed by atoms with Gasteiger partial charge in [-0.1, -0.05) is 24.3 Å². The molecule has 0 radical (unpaired) electrons. The van der Waals surface area contributed by atoms with Crippen LogP contribution >= 0.6 is 0 Å². The summed E-state index contributed by atoms with van der Waals surface area (Å²) in [5.74, 6) is -7.47. The van der Waals surface area contributed by atoms with Crippen molar-refractivity contribution in [1.29, 1.82) is 0 Å². The highest BCUT2D eigenvalue weighted by molar-refractivity contribution is 5.95. The van der Waals surface area contributed by atoms with Crippen molar-refractivity contribution in [3.63, 3.8) is 0 Å². The topological polar surface area (TPSA) is 89.0 Å². The number of aliphatic carboxylic acids is 1. The molecule has 1 aromatic heterocycles. The lowest BCUT2D eigenvalue weighted by atomic mass is 10.0. The SMILES string of the molecule is COc1cccc(C(=O)N2CCC(F)(F)C(Oc3ccc4ccccc4n3)C2)c1F.O=C(O)C(F)(F)F. The molecule has 0 spiro atoms. The fourth-order valence-electron chi connectivity index (χ4n) is 3.44. The van der Waals surface area contributed by atoms with Gasteiger partial charge < -0.3 is 19.5 Å². The van der Waals surface area contributed by atoms with Gasteiger partial charge in [0.05, 0.1) is 24.7 Å². The number of aromatic nitrogens is 1. The summed E-state index contributed by atoms with van der Waals surface area (Å²) in [6, 6.07) is 14.6. The molecule has 1 aliphatic heterocycles. The number of alkyl halides is 5. The van der Waals surface area contributed by atoms with E-state index in [1.54, 1.807) is 18.2 Å². The third-order valence-electron chi connectivity index (χ3n) is 5.35. The summed E-state index contributed by atoms with van der Waals surface area (Å²) in [6.07, 6.45) is -7.28. The highest BCUT2D eigenvalue weighted by Crippen LogP contribution is 2.33. The van der Waals surface area contributed by atoms with Crippen LogP contribution in [0.5, 0.6) is 11.6 Å². The van der Waals surface area contributed by atoms with Crippen molar-refractivity contribution in [1.82, 2.24) is 9.88 Å². The van der Waals surface area contributed by atoms with Crippen LogP contribution in [0.4, 0.5) is 26.3 Å². The quantitative estimate of drug-likeness (QED) is 0.481. The molecule has 1 N–H and O–H groups in total. The number of rotatable bonds is 4. The molecular formula is C24H20F6N2O5. The van der Waals surface area contributed by atoms with Crippen molar-refractivity contribution in [2.24, 2.45) is 0 Å². The van der Waals surface area contributed by atoms with Gasteiger partial charge in [0.1, 0.15) is 0 Å². The Kier molecular flexibility index (Phi) is 8.14. The molecule has 0 saturated carbocycles. The molecule has 1 aliphatic rings.